The number of benzene rings is 1. The van der Waals surface area contributed by atoms with E-state index >= 15 is 0 Å². The van der Waals surface area contributed by atoms with Crippen LogP contribution in [-0.2, 0) is 4.79 Å². The highest BCUT2D eigenvalue weighted by atomic mass is 16.5. The molecule has 5 heteroatoms. The lowest BCUT2D eigenvalue weighted by atomic mass is 9.84. The summed E-state index contributed by atoms with van der Waals surface area (Å²) >= 11 is 0. The third kappa shape index (κ3) is 4.29. The Balaban J connectivity index is 1.79. The van der Waals surface area contributed by atoms with Crippen LogP contribution in [0, 0.1) is 0 Å². The van der Waals surface area contributed by atoms with E-state index in [0.29, 0.717) is 35.1 Å². The van der Waals surface area contributed by atoms with Gasteiger partial charge in [-0.05, 0) is 58.7 Å². The zero-order chi connectivity index (χ0) is 21.3. The highest BCUT2D eigenvalue weighted by molar-refractivity contribution is 5.91. The van der Waals surface area contributed by atoms with E-state index in [1.54, 1.807) is 18.2 Å². The monoisotopic (exact) mass is 396 g/mol. The fourth-order valence-corrected chi connectivity index (χ4v) is 3.88. The molecule has 2 atom stereocenters. The molecule has 1 N–H and O–H groups in total. The SMILES string of the molecule is CC(C)=CC(=O)C/C(C)=C/CC[C@@]1(C)Oc2c(c(=O)oc3cc(O)ccc23)[C@@H]1C. The minimum atomic E-state index is -0.552. The number of allylic oxidation sites excluding steroid dienone is 4. The van der Waals surface area contributed by atoms with Gasteiger partial charge in [0.05, 0.1) is 10.9 Å². The lowest BCUT2D eigenvalue weighted by molar-refractivity contribution is -0.114. The molecule has 0 saturated heterocycles. The average Bonchev–Trinajstić information content (AvgIpc) is 2.86. The number of aromatic hydroxyl groups is 1. The molecule has 2 heterocycles. The van der Waals surface area contributed by atoms with Crippen LogP contribution in [0.1, 0.15) is 65.4 Å². The topological polar surface area (TPSA) is 76.7 Å². The highest BCUT2D eigenvalue weighted by Crippen LogP contribution is 2.48. The predicted octanol–water partition coefficient (Wildman–Crippen LogP) is 5.41. The van der Waals surface area contributed by atoms with Crippen LogP contribution in [0.3, 0.4) is 0 Å². The number of ether oxygens (including phenoxy) is 1. The molecule has 0 fully saturated rings. The van der Waals surface area contributed by atoms with Gasteiger partial charge in [0.1, 0.15) is 22.7 Å². The van der Waals surface area contributed by atoms with E-state index in [2.05, 4.69) is 6.08 Å². The van der Waals surface area contributed by atoms with E-state index in [9.17, 15) is 14.7 Å². The molecule has 1 aromatic heterocycles. The first-order valence-corrected chi connectivity index (χ1v) is 9.93. The Morgan fingerprint density at radius 1 is 1.28 bits per heavy atom. The number of phenolic OH excluding ortho intramolecular Hbond substituents is 1. The minimum absolute atomic E-state index is 0.0395. The molecule has 1 aliphatic heterocycles. The molecule has 1 aromatic carbocycles. The van der Waals surface area contributed by atoms with Crippen molar-refractivity contribution in [2.24, 2.45) is 0 Å². The van der Waals surface area contributed by atoms with Crippen LogP contribution in [0.4, 0.5) is 0 Å². The van der Waals surface area contributed by atoms with Crippen LogP contribution in [0.15, 0.2) is 50.7 Å². The predicted molar refractivity (Wildman–Crippen MR) is 114 cm³/mol. The average molecular weight is 396 g/mol. The van der Waals surface area contributed by atoms with E-state index in [4.69, 9.17) is 9.15 Å². The zero-order valence-electron chi connectivity index (χ0n) is 17.7. The summed E-state index contributed by atoms with van der Waals surface area (Å²) in [5, 5.41) is 10.4. The second-order valence-corrected chi connectivity index (χ2v) is 8.40. The molecule has 1 aliphatic rings. The van der Waals surface area contributed by atoms with Crippen LogP contribution >= 0.6 is 0 Å². The van der Waals surface area contributed by atoms with Crippen LogP contribution < -0.4 is 10.4 Å². The molecule has 3 rings (SSSR count). The van der Waals surface area contributed by atoms with Gasteiger partial charge in [-0.1, -0.05) is 24.1 Å². The number of ketones is 1. The summed E-state index contributed by atoms with van der Waals surface area (Å²) in [5.74, 6) is 0.562. The van der Waals surface area contributed by atoms with Crippen LogP contribution in [-0.4, -0.2) is 16.5 Å². The summed E-state index contributed by atoms with van der Waals surface area (Å²) < 4.78 is 11.7. The van der Waals surface area contributed by atoms with E-state index in [0.717, 1.165) is 17.6 Å². The fraction of sp³-hybridized carbons (Fsp3) is 0.417. The molecular weight excluding hydrogens is 368 g/mol. The van der Waals surface area contributed by atoms with E-state index in [1.165, 1.54) is 6.07 Å². The van der Waals surface area contributed by atoms with Crippen molar-refractivity contribution in [1.29, 1.82) is 0 Å². The molecule has 2 aromatic rings. The van der Waals surface area contributed by atoms with Crippen molar-refractivity contribution in [2.75, 3.05) is 0 Å². The van der Waals surface area contributed by atoms with Crippen molar-refractivity contribution in [3.8, 4) is 11.5 Å². The van der Waals surface area contributed by atoms with Gasteiger partial charge < -0.3 is 14.3 Å². The van der Waals surface area contributed by atoms with Gasteiger partial charge in [-0.15, -0.1) is 0 Å². The Labute approximate surface area is 170 Å². The van der Waals surface area contributed by atoms with Crippen molar-refractivity contribution in [2.45, 2.75) is 65.4 Å². The van der Waals surface area contributed by atoms with E-state index in [-0.39, 0.29) is 17.5 Å². The molecule has 0 amide bonds. The van der Waals surface area contributed by atoms with E-state index in [1.807, 2.05) is 34.6 Å². The van der Waals surface area contributed by atoms with Crippen LogP contribution in [0.25, 0.3) is 11.0 Å². The second-order valence-electron chi connectivity index (χ2n) is 8.40. The molecule has 0 bridgehead atoms. The molecule has 0 saturated carbocycles. The maximum absolute atomic E-state index is 12.5. The van der Waals surface area contributed by atoms with Gasteiger partial charge in [0.2, 0.25) is 0 Å². The van der Waals surface area contributed by atoms with Crippen molar-refractivity contribution in [3.05, 3.63) is 57.5 Å². The van der Waals surface area contributed by atoms with Gasteiger partial charge in [0, 0.05) is 18.4 Å². The lowest BCUT2D eigenvalue weighted by Gasteiger charge is -2.28. The first-order chi connectivity index (χ1) is 13.6. The molecule has 0 aliphatic carbocycles. The van der Waals surface area contributed by atoms with Gasteiger partial charge in [-0.3, -0.25) is 4.79 Å². The first-order valence-electron chi connectivity index (χ1n) is 9.93. The third-order valence-electron chi connectivity index (χ3n) is 5.60. The normalized spacial score (nSPS) is 21.0. The van der Waals surface area contributed by atoms with Crippen molar-refractivity contribution < 1.29 is 19.1 Å². The Morgan fingerprint density at radius 2 is 2.00 bits per heavy atom. The quantitative estimate of drug-likeness (QED) is 0.402. The zero-order valence-corrected chi connectivity index (χ0v) is 17.7. The summed E-state index contributed by atoms with van der Waals surface area (Å²) in [5.41, 5.74) is 1.92. The van der Waals surface area contributed by atoms with Crippen LogP contribution in [0.5, 0.6) is 11.5 Å². The Morgan fingerprint density at radius 3 is 2.69 bits per heavy atom. The number of carbonyl (C=O) groups is 1. The van der Waals surface area contributed by atoms with Crippen molar-refractivity contribution in [1.82, 2.24) is 0 Å². The number of hydrogen-bond acceptors (Lipinski definition) is 5. The van der Waals surface area contributed by atoms with Crippen molar-refractivity contribution >= 4 is 16.8 Å². The molecule has 0 spiro atoms. The Bertz CT molecular complexity index is 1070. The van der Waals surface area contributed by atoms with E-state index < -0.39 is 11.2 Å². The largest absolute Gasteiger partial charge is 0.508 e. The van der Waals surface area contributed by atoms with Gasteiger partial charge >= 0.3 is 5.63 Å². The van der Waals surface area contributed by atoms with Gasteiger partial charge in [0.15, 0.2) is 5.78 Å². The molecule has 0 unspecified atom stereocenters. The summed E-state index contributed by atoms with van der Waals surface area (Å²) in [6, 6.07) is 4.70. The number of hydrogen-bond donors (Lipinski definition) is 1. The summed E-state index contributed by atoms with van der Waals surface area (Å²) in [6.45, 7) is 9.76. The maximum Gasteiger partial charge on any atom is 0.343 e. The first kappa shape index (κ1) is 20.9. The molecule has 154 valence electrons. The van der Waals surface area contributed by atoms with Gasteiger partial charge in [-0.25, -0.2) is 4.79 Å². The highest BCUT2D eigenvalue weighted by Gasteiger charge is 2.44. The molecule has 5 nitrogen and oxygen atoms in total. The molecular formula is C24H28O5. The van der Waals surface area contributed by atoms with Crippen molar-refractivity contribution in [3.63, 3.8) is 0 Å². The van der Waals surface area contributed by atoms with Crippen LogP contribution in [0.2, 0.25) is 0 Å². The summed E-state index contributed by atoms with van der Waals surface area (Å²) in [7, 11) is 0. The maximum atomic E-state index is 12.5. The number of rotatable bonds is 6. The number of phenols is 1. The summed E-state index contributed by atoms with van der Waals surface area (Å²) in [4.78, 5) is 24.5. The number of fused-ring (bicyclic) bond motifs is 3. The Hall–Kier alpha value is -2.82. The summed E-state index contributed by atoms with van der Waals surface area (Å²) in [6.07, 6.45) is 5.60. The lowest BCUT2D eigenvalue weighted by Crippen LogP contribution is -2.33. The number of carbonyl (C=O) groups excluding carboxylic acids is 1. The molecule has 0 radical (unpaired) electrons. The molecule has 29 heavy (non-hydrogen) atoms. The Kier molecular flexibility index (Phi) is 5.69. The second kappa shape index (κ2) is 7.90. The van der Waals surface area contributed by atoms with Gasteiger partial charge in [-0.2, -0.15) is 0 Å². The van der Waals surface area contributed by atoms with Gasteiger partial charge in [0.25, 0.3) is 0 Å². The fourth-order valence-electron chi connectivity index (χ4n) is 3.88. The third-order valence-corrected chi connectivity index (χ3v) is 5.60. The standard InChI is InChI=1S/C24H28O5/c1-14(2)11-18(26)12-15(3)7-6-10-24(5)16(4)21-22(29-24)19-9-8-17(25)13-20(19)28-23(21)27/h7-9,11,13,16,25H,6,10,12H2,1-5H3/b15-7+/t16-,24+/m0/s1. The smallest absolute Gasteiger partial charge is 0.343 e. The minimum Gasteiger partial charge on any atom is -0.508 e.